The number of rotatable bonds is 3. The molecule has 7 nitrogen and oxygen atoms in total. The van der Waals surface area contributed by atoms with Crippen molar-refractivity contribution < 1.29 is 4.79 Å². The molecule has 4 rings (SSSR count). The van der Waals surface area contributed by atoms with Gasteiger partial charge in [0.2, 0.25) is 0 Å². The van der Waals surface area contributed by atoms with Crippen LogP contribution in [0.4, 0.5) is 16.3 Å². The van der Waals surface area contributed by atoms with Gasteiger partial charge in [-0.15, -0.1) is 0 Å². The molecular formula is C20H14N6O. The number of hydrogen-bond donors (Lipinski definition) is 2. The Bertz CT molecular complexity index is 1160. The van der Waals surface area contributed by atoms with Crippen molar-refractivity contribution in [3.05, 3.63) is 78.5 Å². The van der Waals surface area contributed by atoms with Crippen LogP contribution in [0.2, 0.25) is 0 Å². The Morgan fingerprint density at radius 2 is 1.74 bits per heavy atom. The van der Waals surface area contributed by atoms with Crippen molar-refractivity contribution in [3.63, 3.8) is 0 Å². The minimum atomic E-state index is -0.472. The van der Waals surface area contributed by atoms with E-state index in [0.29, 0.717) is 11.5 Å². The van der Waals surface area contributed by atoms with Crippen molar-refractivity contribution in [1.29, 1.82) is 5.26 Å². The highest BCUT2D eigenvalue weighted by molar-refractivity contribution is 6.00. The van der Waals surface area contributed by atoms with Gasteiger partial charge in [0, 0.05) is 11.1 Å². The number of fused-ring (bicyclic) bond motifs is 1. The number of nitrogens with zero attached hydrogens (tertiary/aromatic N) is 4. The second-order valence-electron chi connectivity index (χ2n) is 5.74. The van der Waals surface area contributed by atoms with E-state index in [1.165, 1.54) is 10.9 Å². The summed E-state index contributed by atoms with van der Waals surface area (Å²) in [6, 6.07) is 22.0. The molecule has 2 N–H and O–H groups in total. The van der Waals surface area contributed by atoms with Gasteiger partial charge in [0.1, 0.15) is 11.6 Å². The molecule has 0 spiro atoms. The van der Waals surface area contributed by atoms with Gasteiger partial charge in [0.05, 0.1) is 11.7 Å². The third kappa shape index (κ3) is 3.32. The standard InChI is InChI=1S/C20H14N6O/c21-12-15-13-22-26(18-11-10-14-6-4-5-9-17(14)24-18)19(15)25-20(27)23-16-7-2-1-3-8-16/h1-11,13H,(H2,23,25,27). The third-order valence-corrected chi connectivity index (χ3v) is 3.95. The molecule has 7 heteroatoms. The molecule has 27 heavy (non-hydrogen) atoms. The quantitative estimate of drug-likeness (QED) is 0.582. The molecule has 2 aromatic heterocycles. The Labute approximate surface area is 154 Å². The van der Waals surface area contributed by atoms with Crippen LogP contribution in [-0.2, 0) is 0 Å². The Hall–Kier alpha value is -4.18. The van der Waals surface area contributed by atoms with Gasteiger partial charge >= 0.3 is 6.03 Å². The van der Waals surface area contributed by atoms with Crippen molar-refractivity contribution in [1.82, 2.24) is 14.8 Å². The fourth-order valence-electron chi connectivity index (χ4n) is 2.69. The Morgan fingerprint density at radius 3 is 2.56 bits per heavy atom. The molecule has 0 aliphatic heterocycles. The lowest BCUT2D eigenvalue weighted by Gasteiger charge is -2.10. The van der Waals surface area contributed by atoms with Gasteiger partial charge < -0.3 is 5.32 Å². The number of pyridine rings is 1. The molecule has 0 unspecified atom stereocenters. The zero-order valence-electron chi connectivity index (χ0n) is 14.1. The van der Waals surface area contributed by atoms with Gasteiger partial charge in [0.15, 0.2) is 11.6 Å². The predicted octanol–water partition coefficient (Wildman–Crippen LogP) is 3.94. The van der Waals surface area contributed by atoms with Crippen molar-refractivity contribution in [3.8, 4) is 11.9 Å². The summed E-state index contributed by atoms with van der Waals surface area (Å²) in [6.07, 6.45) is 1.40. The van der Waals surface area contributed by atoms with Gasteiger partial charge in [-0.1, -0.05) is 36.4 Å². The average Bonchev–Trinajstić information content (AvgIpc) is 3.10. The highest BCUT2D eigenvalue weighted by Gasteiger charge is 2.16. The number of para-hydroxylation sites is 2. The molecule has 0 saturated carbocycles. The predicted molar refractivity (Wildman–Crippen MR) is 103 cm³/mol. The summed E-state index contributed by atoms with van der Waals surface area (Å²) in [4.78, 5) is 16.9. The second kappa shape index (κ2) is 6.98. The van der Waals surface area contributed by atoms with Crippen molar-refractivity contribution in [2.75, 3.05) is 10.6 Å². The first-order chi connectivity index (χ1) is 13.2. The summed E-state index contributed by atoms with van der Waals surface area (Å²) in [5.41, 5.74) is 1.68. The zero-order chi connectivity index (χ0) is 18.6. The highest BCUT2D eigenvalue weighted by Crippen LogP contribution is 2.21. The SMILES string of the molecule is N#Cc1cnn(-c2ccc3ccccc3n2)c1NC(=O)Nc1ccccc1. The Balaban J connectivity index is 1.67. The molecule has 0 aliphatic rings. The molecule has 0 bridgehead atoms. The molecule has 2 aromatic carbocycles. The van der Waals surface area contributed by atoms with E-state index in [9.17, 15) is 10.1 Å². The minimum Gasteiger partial charge on any atom is -0.308 e. The van der Waals surface area contributed by atoms with E-state index < -0.39 is 6.03 Å². The topological polar surface area (TPSA) is 95.6 Å². The van der Waals surface area contributed by atoms with Crippen LogP contribution >= 0.6 is 0 Å². The van der Waals surface area contributed by atoms with Gasteiger partial charge in [0.25, 0.3) is 0 Å². The lowest BCUT2D eigenvalue weighted by Crippen LogP contribution is -2.22. The lowest BCUT2D eigenvalue weighted by atomic mass is 10.2. The molecule has 130 valence electrons. The van der Waals surface area contributed by atoms with Gasteiger partial charge in [-0.2, -0.15) is 15.0 Å². The van der Waals surface area contributed by atoms with E-state index in [-0.39, 0.29) is 11.4 Å². The normalized spacial score (nSPS) is 10.3. The molecule has 2 amide bonds. The van der Waals surface area contributed by atoms with Crippen LogP contribution in [0.1, 0.15) is 5.56 Å². The number of aromatic nitrogens is 3. The van der Waals surface area contributed by atoms with Crippen LogP contribution in [0, 0.1) is 11.3 Å². The Kier molecular flexibility index (Phi) is 4.21. The van der Waals surface area contributed by atoms with Crippen LogP contribution < -0.4 is 10.6 Å². The second-order valence-corrected chi connectivity index (χ2v) is 5.74. The molecule has 0 radical (unpaired) electrons. The number of nitrogens with one attached hydrogen (secondary N) is 2. The highest BCUT2D eigenvalue weighted by atomic mass is 16.2. The molecule has 0 atom stereocenters. The van der Waals surface area contributed by atoms with E-state index in [4.69, 9.17) is 0 Å². The first kappa shape index (κ1) is 16.3. The fraction of sp³-hybridized carbons (Fsp3) is 0. The number of hydrogen-bond acceptors (Lipinski definition) is 4. The third-order valence-electron chi connectivity index (χ3n) is 3.95. The minimum absolute atomic E-state index is 0.244. The molecule has 0 aliphatic carbocycles. The van der Waals surface area contributed by atoms with Crippen LogP contribution in [-0.4, -0.2) is 20.8 Å². The monoisotopic (exact) mass is 354 g/mol. The maximum absolute atomic E-state index is 12.4. The van der Waals surface area contributed by atoms with Crippen molar-refractivity contribution in [2.24, 2.45) is 0 Å². The van der Waals surface area contributed by atoms with E-state index in [0.717, 1.165) is 10.9 Å². The maximum Gasteiger partial charge on any atom is 0.324 e. The average molecular weight is 354 g/mol. The zero-order valence-corrected chi connectivity index (χ0v) is 14.1. The number of carbonyl (C=O) groups is 1. The fourth-order valence-corrected chi connectivity index (χ4v) is 2.69. The van der Waals surface area contributed by atoms with Crippen LogP contribution in [0.15, 0.2) is 72.9 Å². The van der Waals surface area contributed by atoms with Gasteiger partial charge in [-0.05, 0) is 30.3 Å². The van der Waals surface area contributed by atoms with E-state index in [1.807, 2.05) is 54.6 Å². The summed E-state index contributed by atoms with van der Waals surface area (Å²) in [5.74, 6) is 0.763. The van der Waals surface area contributed by atoms with Gasteiger partial charge in [-0.25, -0.2) is 9.78 Å². The van der Waals surface area contributed by atoms with Crippen molar-refractivity contribution in [2.45, 2.75) is 0 Å². The first-order valence-electron chi connectivity index (χ1n) is 8.22. The summed E-state index contributed by atoms with van der Waals surface area (Å²) in [5, 5.41) is 20.0. The first-order valence-corrected chi connectivity index (χ1v) is 8.22. The number of nitriles is 1. The van der Waals surface area contributed by atoms with Crippen LogP contribution in [0.5, 0.6) is 0 Å². The van der Waals surface area contributed by atoms with E-state index in [1.54, 1.807) is 18.2 Å². The number of carbonyl (C=O) groups excluding carboxylic acids is 1. The molecular weight excluding hydrogens is 340 g/mol. The van der Waals surface area contributed by atoms with Crippen LogP contribution in [0.3, 0.4) is 0 Å². The molecule has 4 aromatic rings. The largest absolute Gasteiger partial charge is 0.324 e. The van der Waals surface area contributed by atoms with Crippen molar-refractivity contribution >= 4 is 28.4 Å². The maximum atomic E-state index is 12.4. The van der Waals surface area contributed by atoms with E-state index >= 15 is 0 Å². The molecule has 2 heterocycles. The molecule has 0 fully saturated rings. The summed E-state index contributed by atoms with van der Waals surface area (Å²) in [7, 11) is 0. The number of amides is 2. The number of anilines is 2. The number of urea groups is 1. The Morgan fingerprint density at radius 1 is 0.963 bits per heavy atom. The summed E-state index contributed by atoms with van der Waals surface area (Å²) in [6.45, 7) is 0. The summed E-state index contributed by atoms with van der Waals surface area (Å²) < 4.78 is 1.44. The van der Waals surface area contributed by atoms with E-state index in [2.05, 4.69) is 20.7 Å². The van der Waals surface area contributed by atoms with Crippen LogP contribution in [0.25, 0.3) is 16.7 Å². The number of benzene rings is 2. The summed E-state index contributed by atoms with van der Waals surface area (Å²) >= 11 is 0. The smallest absolute Gasteiger partial charge is 0.308 e. The lowest BCUT2D eigenvalue weighted by molar-refractivity contribution is 0.262. The molecule has 0 saturated heterocycles. The van der Waals surface area contributed by atoms with Gasteiger partial charge in [-0.3, -0.25) is 5.32 Å².